The number of hydrogen-bond acceptors (Lipinski definition) is 5. The smallest absolute Gasteiger partial charge is 0.160 e. The van der Waals surface area contributed by atoms with Gasteiger partial charge in [0.15, 0.2) is 5.78 Å². The molecule has 0 fully saturated rings. The highest BCUT2D eigenvalue weighted by Gasteiger charge is 2.06. The third-order valence-corrected chi connectivity index (χ3v) is 1.73. The summed E-state index contributed by atoms with van der Waals surface area (Å²) in [7, 11) is 0. The standard InChI is InChI=1S/C9H18N4O2/c1-7(2)8(14)6-15-5-4-9(12-10)13-11-3/h7H,3-6,10H2,1-2H3,(H,12,13). The van der Waals surface area contributed by atoms with Crippen molar-refractivity contribution in [2.24, 2.45) is 22.0 Å². The minimum atomic E-state index is 0.000567. The Morgan fingerprint density at radius 2 is 2.27 bits per heavy atom. The molecule has 0 saturated carbocycles. The molecule has 0 spiro atoms. The fourth-order valence-corrected chi connectivity index (χ4v) is 0.745. The van der Waals surface area contributed by atoms with Crippen molar-refractivity contribution in [2.45, 2.75) is 20.3 Å². The van der Waals surface area contributed by atoms with Crippen molar-refractivity contribution < 1.29 is 9.53 Å². The number of ether oxygens (including phenoxy) is 1. The summed E-state index contributed by atoms with van der Waals surface area (Å²) in [6.07, 6.45) is 0.473. The van der Waals surface area contributed by atoms with E-state index in [0.717, 1.165) is 0 Å². The number of carbonyl (C=O) groups excluding carboxylic acids is 1. The number of hydrazine groups is 1. The molecule has 0 aromatic heterocycles. The number of nitrogens with two attached hydrogens (primary N) is 1. The zero-order valence-corrected chi connectivity index (χ0v) is 9.19. The van der Waals surface area contributed by atoms with E-state index >= 15 is 0 Å². The van der Waals surface area contributed by atoms with Crippen molar-refractivity contribution in [3.8, 4) is 0 Å². The van der Waals surface area contributed by atoms with E-state index in [2.05, 4.69) is 22.3 Å². The first kappa shape index (κ1) is 13.7. The van der Waals surface area contributed by atoms with E-state index in [1.54, 1.807) is 0 Å². The molecule has 0 aromatic rings. The molecule has 0 unspecified atom stereocenters. The largest absolute Gasteiger partial charge is 0.373 e. The van der Waals surface area contributed by atoms with Gasteiger partial charge >= 0.3 is 0 Å². The molecule has 6 nitrogen and oxygen atoms in total. The predicted molar refractivity (Wildman–Crippen MR) is 59.6 cm³/mol. The van der Waals surface area contributed by atoms with E-state index in [1.807, 2.05) is 13.8 Å². The van der Waals surface area contributed by atoms with Gasteiger partial charge in [-0.15, -0.1) is 5.10 Å². The summed E-state index contributed by atoms with van der Waals surface area (Å²) in [6, 6.07) is 0. The van der Waals surface area contributed by atoms with Crippen LogP contribution in [-0.2, 0) is 9.53 Å². The molecule has 0 aliphatic heterocycles. The first-order valence-corrected chi connectivity index (χ1v) is 4.71. The molecule has 0 atom stereocenters. The van der Waals surface area contributed by atoms with Crippen molar-refractivity contribution in [3.05, 3.63) is 0 Å². The summed E-state index contributed by atoms with van der Waals surface area (Å²) in [5.41, 5.74) is 2.37. The SMILES string of the molecule is C=N/N=C(/CCOCC(=O)C(C)C)NN. The zero-order chi connectivity index (χ0) is 11.7. The molecule has 0 amide bonds. The molecule has 0 saturated heterocycles. The van der Waals surface area contributed by atoms with Crippen LogP contribution in [0.15, 0.2) is 10.2 Å². The lowest BCUT2D eigenvalue weighted by molar-refractivity contribution is -0.126. The average Bonchev–Trinajstić information content (AvgIpc) is 2.22. The van der Waals surface area contributed by atoms with Crippen molar-refractivity contribution in [3.63, 3.8) is 0 Å². The van der Waals surface area contributed by atoms with Gasteiger partial charge in [0.05, 0.1) is 6.61 Å². The molecule has 0 rings (SSSR count). The van der Waals surface area contributed by atoms with E-state index in [0.29, 0.717) is 18.9 Å². The van der Waals surface area contributed by atoms with Gasteiger partial charge in [0.2, 0.25) is 0 Å². The Hall–Kier alpha value is -1.27. The van der Waals surface area contributed by atoms with Gasteiger partial charge in [-0.05, 0) is 0 Å². The molecule has 86 valence electrons. The maximum absolute atomic E-state index is 11.2. The summed E-state index contributed by atoms with van der Waals surface area (Å²) in [4.78, 5) is 11.2. The average molecular weight is 214 g/mol. The minimum absolute atomic E-state index is 0.000567. The molecule has 0 radical (unpaired) electrons. The summed E-state index contributed by atoms with van der Waals surface area (Å²) in [6.45, 7) is 7.36. The molecular formula is C9H18N4O2. The van der Waals surface area contributed by atoms with Gasteiger partial charge in [-0.1, -0.05) is 13.8 Å². The lowest BCUT2D eigenvalue weighted by Gasteiger charge is -2.06. The number of carbonyl (C=O) groups is 1. The van der Waals surface area contributed by atoms with Crippen LogP contribution in [0.3, 0.4) is 0 Å². The lowest BCUT2D eigenvalue weighted by Crippen LogP contribution is -2.31. The molecule has 0 bridgehead atoms. The first-order chi connectivity index (χ1) is 7.11. The Balaban J connectivity index is 3.66. The van der Waals surface area contributed by atoms with Gasteiger partial charge < -0.3 is 10.2 Å². The van der Waals surface area contributed by atoms with Crippen LogP contribution in [0, 0.1) is 5.92 Å². The third-order valence-electron chi connectivity index (χ3n) is 1.73. The second kappa shape index (κ2) is 8.07. The van der Waals surface area contributed by atoms with Gasteiger partial charge in [-0.3, -0.25) is 4.79 Å². The fourth-order valence-electron chi connectivity index (χ4n) is 0.745. The van der Waals surface area contributed by atoms with Crippen molar-refractivity contribution in [1.82, 2.24) is 5.43 Å². The lowest BCUT2D eigenvalue weighted by atomic mass is 10.1. The molecule has 3 N–H and O–H groups in total. The summed E-state index contributed by atoms with van der Waals surface area (Å²) in [5.74, 6) is 5.71. The van der Waals surface area contributed by atoms with Gasteiger partial charge in [0.1, 0.15) is 12.4 Å². The number of nitrogens with one attached hydrogen (secondary N) is 1. The van der Waals surface area contributed by atoms with Crippen LogP contribution < -0.4 is 11.3 Å². The molecule has 0 aliphatic carbocycles. The Morgan fingerprint density at radius 1 is 1.60 bits per heavy atom. The van der Waals surface area contributed by atoms with Crippen LogP contribution >= 0.6 is 0 Å². The van der Waals surface area contributed by atoms with Gasteiger partial charge in [-0.25, -0.2) is 5.84 Å². The van der Waals surface area contributed by atoms with E-state index in [9.17, 15) is 4.79 Å². The van der Waals surface area contributed by atoms with E-state index in [4.69, 9.17) is 10.6 Å². The molecule has 0 aromatic carbocycles. The van der Waals surface area contributed by atoms with Gasteiger partial charge in [0, 0.05) is 19.1 Å². The van der Waals surface area contributed by atoms with Crippen LogP contribution in [-0.4, -0.2) is 31.6 Å². The van der Waals surface area contributed by atoms with E-state index in [1.165, 1.54) is 0 Å². The quantitative estimate of drug-likeness (QED) is 0.207. The summed E-state index contributed by atoms with van der Waals surface area (Å²) >= 11 is 0. The number of rotatable bonds is 7. The third kappa shape index (κ3) is 6.75. The van der Waals surface area contributed by atoms with E-state index < -0.39 is 0 Å². The Morgan fingerprint density at radius 3 is 2.73 bits per heavy atom. The van der Waals surface area contributed by atoms with Crippen molar-refractivity contribution in [2.75, 3.05) is 13.2 Å². The molecule has 0 aliphatic rings. The van der Waals surface area contributed by atoms with Crippen LogP contribution in [0.1, 0.15) is 20.3 Å². The highest BCUT2D eigenvalue weighted by atomic mass is 16.5. The Kier molecular flexibility index (Phi) is 7.39. The normalized spacial score (nSPS) is 11.6. The number of amidine groups is 1. The predicted octanol–water partition coefficient (Wildman–Crippen LogP) is 0.0956. The first-order valence-electron chi connectivity index (χ1n) is 4.71. The van der Waals surface area contributed by atoms with Crippen LogP contribution in [0.5, 0.6) is 0 Å². The van der Waals surface area contributed by atoms with Crippen LogP contribution in [0.2, 0.25) is 0 Å². The molecule has 6 heteroatoms. The number of hydrogen-bond donors (Lipinski definition) is 2. The van der Waals surface area contributed by atoms with E-state index in [-0.39, 0.29) is 18.3 Å². The minimum Gasteiger partial charge on any atom is -0.373 e. The Labute approximate surface area is 89.6 Å². The zero-order valence-electron chi connectivity index (χ0n) is 9.19. The molecule has 15 heavy (non-hydrogen) atoms. The van der Waals surface area contributed by atoms with Gasteiger partial charge in [0.25, 0.3) is 0 Å². The summed E-state index contributed by atoms with van der Waals surface area (Å²) < 4.78 is 5.15. The van der Waals surface area contributed by atoms with Gasteiger partial charge in [-0.2, -0.15) is 5.10 Å². The second-order valence-electron chi connectivity index (χ2n) is 3.26. The number of ketones is 1. The summed E-state index contributed by atoms with van der Waals surface area (Å²) in [5, 5.41) is 6.95. The van der Waals surface area contributed by atoms with Crippen molar-refractivity contribution >= 4 is 18.3 Å². The van der Waals surface area contributed by atoms with Crippen molar-refractivity contribution in [1.29, 1.82) is 0 Å². The number of nitrogens with zero attached hydrogens (tertiary/aromatic N) is 2. The Bertz CT molecular complexity index is 238. The van der Waals surface area contributed by atoms with Crippen LogP contribution in [0.4, 0.5) is 0 Å². The maximum atomic E-state index is 11.2. The van der Waals surface area contributed by atoms with Crippen LogP contribution in [0.25, 0.3) is 0 Å². The number of Topliss-reactive ketones (excluding diaryl/α,β-unsaturated/α-hetero) is 1. The highest BCUT2D eigenvalue weighted by Crippen LogP contribution is 1.95. The monoisotopic (exact) mass is 214 g/mol. The topological polar surface area (TPSA) is 89.1 Å². The second-order valence-corrected chi connectivity index (χ2v) is 3.26. The molecule has 0 heterocycles. The maximum Gasteiger partial charge on any atom is 0.160 e. The highest BCUT2D eigenvalue weighted by molar-refractivity contribution is 5.82. The molecular weight excluding hydrogens is 196 g/mol. The fraction of sp³-hybridized carbons (Fsp3) is 0.667.